The van der Waals surface area contributed by atoms with E-state index in [1.807, 2.05) is 13.8 Å². The summed E-state index contributed by atoms with van der Waals surface area (Å²) in [5.41, 5.74) is 1.98. The van der Waals surface area contributed by atoms with Crippen molar-refractivity contribution in [3.8, 4) is 0 Å². The van der Waals surface area contributed by atoms with E-state index in [4.69, 9.17) is 0 Å². The molecule has 0 spiro atoms. The SMILES string of the molecule is Cc1cc(C)c([N+](=O)[O-])cc1NC(=O)C1CNCC1C. The van der Waals surface area contributed by atoms with Gasteiger partial charge in [0.15, 0.2) is 0 Å². The van der Waals surface area contributed by atoms with Crippen molar-refractivity contribution in [2.45, 2.75) is 20.8 Å². The maximum atomic E-state index is 12.2. The number of hydrogen-bond acceptors (Lipinski definition) is 4. The number of amides is 1. The lowest BCUT2D eigenvalue weighted by Gasteiger charge is -2.15. The Kier molecular flexibility index (Phi) is 4.04. The van der Waals surface area contributed by atoms with Gasteiger partial charge in [-0.2, -0.15) is 0 Å². The lowest BCUT2D eigenvalue weighted by molar-refractivity contribution is -0.385. The van der Waals surface area contributed by atoms with E-state index in [1.54, 1.807) is 13.0 Å². The normalized spacial score (nSPS) is 21.8. The minimum Gasteiger partial charge on any atom is -0.325 e. The van der Waals surface area contributed by atoms with E-state index in [2.05, 4.69) is 10.6 Å². The highest BCUT2D eigenvalue weighted by atomic mass is 16.6. The Morgan fingerprint density at radius 2 is 2.05 bits per heavy atom. The van der Waals surface area contributed by atoms with E-state index in [0.717, 1.165) is 12.1 Å². The van der Waals surface area contributed by atoms with Crippen LogP contribution in [0, 0.1) is 35.8 Å². The van der Waals surface area contributed by atoms with Crippen LogP contribution < -0.4 is 10.6 Å². The van der Waals surface area contributed by atoms with Gasteiger partial charge in [0.05, 0.1) is 16.5 Å². The molecule has 0 radical (unpaired) electrons. The van der Waals surface area contributed by atoms with Gasteiger partial charge < -0.3 is 10.6 Å². The van der Waals surface area contributed by atoms with Crippen LogP contribution in [0.3, 0.4) is 0 Å². The van der Waals surface area contributed by atoms with Gasteiger partial charge in [0, 0.05) is 18.2 Å². The molecule has 20 heavy (non-hydrogen) atoms. The number of carbonyl (C=O) groups is 1. The van der Waals surface area contributed by atoms with Crippen LogP contribution in [0.5, 0.6) is 0 Å². The maximum Gasteiger partial charge on any atom is 0.274 e. The van der Waals surface area contributed by atoms with E-state index in [1.165, 1.54) is 6.07 Å². The lowest BCUT2D eigenvalue weighted by Crippen LogP contribution is -2.28. The molecule has 2 atom stereocenters. The first kappa shape index (κ1) is 14.5. The average Bonchev–Trinajstić information content (AvgIpc) is 2.78. The largest absolute Gasteiger partial charge is 0.325 e. The van der Waals surface area contributed by atoms with Gasteiger partial charge in [-0.25, -0.2) is 0 Å². The predicted octanol–water partition coefficient (Wildman–Crippen LogP) is 2.01. The van der Waals surface area contributed by atoms with E-state index in [0.29, 0.717) is 17.8 Å². The van der Waals surface area contributed by atoms with E-state index >= 15 is 0 Å². The molecule has 1 saturated heterocycles. The number of nitro groups is 1. The molecule has 2 rings (SSSR count). The second kappa shape index (κ2) is 5.58. The highest BCUT2D eigenvalue weighted by Crippen LogP contribution is 2.27. The molecule has 6 nitrogen and oxygen atoms in total. The molecule has 1 aliphatic rings. The number of nitrogens with one attached hydrogen (secondary N) is 2. The van der Waals surface area contributed by atoms with E-state index in [-0.39, 0.29) is 23.4 Å². The zero-order valence-electron chi connectivity index (χ0n) is 11.9. The third kappa shape index (κ3) is 2.80. The lowest BCUT2D eigenvalue weighted by atomic mass is 9.97. The highest BCUT2D eigenvalue weighted by molar-refractivity contribution is 5.94. The van der Waals surface area contributed by atoms with Crippen molar-refractivity contribution in [1.82, 2.24) is 5.32 Å². The fourth-order valence-electron chi connectivity index (χ4n) is 2.56. The summed E-state index contributed by atoms with van der Waals surface area (Å²) in [4.78, 5) is 22.8. The Bertz CT molecular complexity index is 557. The van der Waals surface area contributed by atoms with Crippen LogP contribution in [-0.2, 0) is 4.79 Å². The molecular formula is C14H19N3O3. The summed E-state index contributed by atoms with van der Waals surface area (Å²) in [5.74, 6) is 0.106. The van der Waals surface area contributed by atoms with Gasteiger partial charge in [-0.1, -0.05) is 6.92 Å². The number of hydrogen-bond donors (Lipinski definition) is 2. The summed E-state index contributed by atoms with van der Waals surface area (Å²) < 4.78 is 0. The zero-order chi connectivity index (χ0) is 14.9. The van der Waals surface area contributed by atoms with Crippen molar-refractivity contribution >= 4 is 17.3 Å². The van der Waals surface area contributed by atoms with Crippen molar-refractivity contribution in [2.24, 2.45) is 11.8 Å². The molecule has 1 aromatic carbocycles. The average molecular weight is 277 g/mol. The molecule has 0 aliphatic carbocycles. The first-order chi connectivity index (χ1) is 9.40. The minimum absolute atomic E-state index is 0.0310. The third-order valence-electron chi connectivity index (χ3n) is 3.85. The van der Waals surface area contributed by atoms with Gasteiger partial charge in [0.1, 0.15) is 0 Å². The molecule has 1 amide bonds. The fraction of sp³-hybridized carbons (Fsp3) is 0.500. The molecule has 2 unspecified atom stereocenters. The van der Waals surface area contributed by atoms with Crippen molar-refractivity contribution in [3.63, 3.8) is 0 Å². The van der Waals surface area contributed by atoms with Gasteiger partial charge in [-0.3, -0.25) is 14.9 Å². The van der Waals surface area contributed by atoms with Crippen molar-refractivity contribution in [1.29, 1.82) is 0 Å². The van der Waals surface area contributed by atoms with Gasteiger partial charge in [0.2, 0.25) is 5.91 Å². The summed E-state index contributed by atoms with van der Waals surface area (Å²) in [5, 5.41) is 17.0. The Morgan fingerprint density at radius 3 is 2.60 bits per heavy atom. The fourth-order valence-corrected chi connectivity index (χ4v) is 2.56. The topological polar surface area (TPSA) is 84.3 Å². The molecular weight excluding hydrogens is 258 g/mol. The Morgan fingerprint density at radius 1 is 1.35 bits per heavy atom. The Balaban J connectivity index is 2.22. The smallest absolute Gasteiger partial charge is 0.274 e. The Hall–Kier alpha value is -1.95. The monoisotopic (exact) mass is 277 g/mol. The van der Waals surface area contributed by atoms with Crippen LogP contribution in [0.25, 0.3) is 0 Å². The third-order valence-corrected chi connectivity index (χ3v) is 3.85. The second-order valence-corrected chi connectivity index (χ2v) is 5.44. The number of nitrogens with zero attached hydrogens (tertiary/aromatic N) is 1. The van der Waals surface area contributed by atoms with Crippen LogP contribution in [0.2, 0.25) is 0 Å². The first-order valence-electron chi connectivity index (χ1n) is 6.67. The minimum atomic E-state index is -0.426. The Labute approximate surface area is 117 Å². The predicted molar refractivity (Wildman–Crippen MR) is 76.7 cm³/mol. The van der Waals surface area contributed by atoms with Gasteiger partial charge in [0.25, 0.3) is 5.69 Å². The summed E-state index contributed by atoms with van der Waals surface area (Å²) in [6, 6.07) is 3.17. The van der Waals surface area contributed by atoms with Crippen LogP contribution >= 0.6 is 0 Å². The van der Waals surface area contributed by atoms with Crippen LogP contribution in [-0.4, -0.2) is 23.9 Å². The molecule has 0 aromatic heterocycles. The van der Waals surface area contributed by atoms with Crippen molar-refractivity contribution < 1.29 is 9.72 Å². The van der Waals surface area contributed by atoms with Gasteiger partial charge in [-0.05, 0) is 37.9 Å². The molecule has 0 bridgehead atoms. The van der Waals surface area contributed by atoms with Gasteiger partial charge >= 0.3 is 0 Å². The highest BCUT2D eigenvalue weighted by Gasteiger charge is 2.30. The molecule has 1 aliphatic heterocycles. The molecule has 1 fully saturated rings. The summed E-state index contributed by atoms with van der Waals surface area (Å²) >= 11 is 0. The maximum absolute atomic E-state index is 12.2. The summed E-state index contributed by atoms with van der Waals surface area (Å²) in [7, 11) is 0. The molecule has 0 saturated carbocycles. The number of benzene rings is 1. The van der Waals surface area contributed by atoms with Gasteiger partial charge in [-0.15, -0.1) is 0 Å². The summed E-state index contributed by atoms with van der Waals surface area (Å²) in [6.07, 6.45) is 0. The molecule has 1 heterocycles. The van der Waals surface area contributed by atoms with Crippen LogP contribution in [0.1, 0.15) is 18.1 Å². The number of carbonyl (C=O) groups excluding carboxylic acids is 1. The zero-order valence-corrected chi connectivity index (χ0v) is 11.9. The van der Waals surface area contributed by atoms with Crippen molar-refractivity contribution in [3.05, 3.63) is 33.4 Å². The standard InChI is InChI=1S/C14H19N3O3/c1-8-4-9(2)13(17(19)20)5-12(8)16-14(18)11-7-15-6-10(11)3/h4-5,10-11,15H,6-7H2,1-3H3,(H,16,18). The molecule has 2 N–H and O–H groups in total. The molecule has 108 valence electrons. The van der Waals surface area contributed by atoms with Crippen molar-refractivity contribution in [2.75, 3.05) is 18.4 Å². The van der Waals surface area contributed by atoms with Crippen LogP contribution in [0.4, 0.5) is 11.4 Å². The van der Waals surface area contributed by atoms with E-state index in [9.17, 15) is 14.9 Å². The number of aryl methyl sites for hydroxylation is 2. The number of rotatable bonds is 3. The number of nitro benzene ring substituents is 1. The van der Waals surface area contributed by atoms with E-state index < -0.39 is 4.92 Å². The van der Waals surface area contributed by atoms with Crippen LogP contribution in [0.15, 0.2) is 12.1 Å². The second-order valence-electron chi connectivity index (χ2n) is 5.44. The molecule has 1 aromatic rings. The summed E-state index contributed by atoms with van der Waals surface area (Å²) in [6.45, 7) is 7.03. The number of anilines is 1. The quantitative estimate of drug-likeness (QED) is 0.654. The first-order valence-corrected chi connectivity index (χ1v) is 6.67. The molecule has 6 heteroatoms.